The van der Waals surface area contributed by atoms with E-state index < -0.39 is 0 Å². The quantitative estimate of drug-likeness (QED) is 0.738. The van der Waals surface area contributed by atoms with E-state index in [0.29, 0.717) is 18.4 Å². The van der Waals surface area contributed by atoms with Crippen molar-refractivity contribution in [1.29, 1.82) is 0 Å². The van der Waals surface area contributed by atoms with Crippen LogP contribution in [-0.4, -0.2) is 39.3 Å². The zero-order chi connectivity index (χ0) is 11.7. The molecule has 16 heavy (non-hydrogen) atoms. The van der Waals surface area contributed by atoms with Gasteiger partial charge in [0.25, 0.3) is 0 Å². The van der Waals surface area contributed by atoms with Gasteiger partial charge in [-0.25, -0.2) is 0 Å². The van der Waals surface area contributed by atoms with E-state index in [1.165, 1.54) is 0 Å². The van der Waals surface area contributed by atoms with Gasteiger partial charge in [-0.3, -0.25) is 0 Å². The predicted molar refractivity (Wildman–Crippen MR) is 61.3 cm³/mol. The first-order chi connectivity index (χ1) is 7.56. The number of hydrogen-bond acceptors (Lipinski definition) is 6. The first-order valence-corrected chi connectivity index (χ1v) is 5.54. The molecule has 0 bridgehead atoms. The monoisotopic (exact) mass is 243 g/mol. The minimum atomic E-state index is -0.370. The van der Waals surface area contributed by atoms with Crippen LogP contribution < -0.4 is 10.6 Å². The van der Waals surface area contributed by atoms with Crippen LogP contribution in [0.1, 0.15) is 13.3 Å². The summed E-state index contributed by atoms with van der Waals surface area (Å²) < 4.78 is 0. The summed E-state index contributed by atoms with van der Waals surface area (Å²) in [7, 11) is 0. The molecule has 1 aliphatic rings. The van der Waals surface area contributed by atoms with Crippen molar-refractivity contribution in [3.8, 4) is 0 Å². The van der Waals surface area contributed by atoms with Crippen LogP contribution >= 0.6 is 11.6 Å². The Labute approximate surface area is 98.5 Å². The fraction of sp³-hybridized carbons (Fsp3) is 0.667. The van der Waals surface area contributed by atoms with E-state index in [1.54, 1.807) is 0 Å². The Morgan fingerprint density at radius 1 is 1.44 bits per heavy atom. The molecule has 2 heterocycles. The van der Waals surface area contributed by atoms with Crippen molar-refractivity contribution in [1.82, 2.24) is 15.0 Å². The Balaban J connectivity index is 2.18. The van der Waals surface area contributed by atoms with Gasteiger partial charge in [0.2, 0.25) is 17.2 Å². The second kappa shape index (κ2) is 4.39. The smallest absolute Gasteiger partial charge is 0.231 e. The van der Waals surface area contributed by atoms with Gasteiger partial charge in [0, 0.05) is 13.1 Å². The van der Waals surface area contributed by atoms with E-state index in [-0.39, 0.29) is 17.3 Å². The summed E-state index contributed by atoms with van der Waals surface area (Å²) in [5, 5.41) is 9.85. The Kier molecular flexibility index (Phi) is 3.11. The largest absolute Gasteiger partial charge is 0.391 e. The minimum Gasteiger partial charge on any atom is -0.391 e. The SMILES string of the molecule is CC1CCN(c2nc(N)nc(Cl)n2)CC1O. The third-order valence-electron chi connectivity index (χ3n) is 2.82. The van der Waals surface area contributed by atoms with Crippen molar-refractivity contribution >= 4 is 23.5 Å². The number of anilines is 2. The van der Waals surface area contributed by atoms with Crippen LogP contribution in [0.4, 0.5) is 11.9 Å². The van der Waals surface area contributed by atoms with Gasteiger partial charge in [-0.05, 0) is 23.9 Å². The first-order valence-electron chi connectivity index (χ1n) is 5.16. The summed E-state index contributed by atoms with van der Waals surface area (Å²) in [5.74, 6) is 0.831. The standard InChI is InChI=1S/C9H14ClN5O/c1-5-2-3-15(4-6(5)16)9-13-7(10)12-8(11)14-9/h5-6,16H,2-4H2,1H3,(H2,11,12,13,14). The van der Waals surface area contributed by atoms with E-state index in [2.05, 4.69) is 15.0 Å². The number of nitrogen functional groups attached to an aromatic ring is 1. The summed E-state index contributed by atoms with van der Waals surface area (Å²) in [4.78, 5) is 13.6. The van der Waals surface area contributed by atoms with Gasteiger partial charge in [-0.1, -0.05) is 6.92 Å². The van der Waals surface area contributed by atoms with E-state index in [0.717, 1.165) is 13.0 Å². The van der Waals surface area contributed by atoms with Crippen molar-refractivity contribution in [2.75, 3.05) is 23.7 Å². The molecule has 7 heteroatoms. The molecule has 2 unspecified atom stereocenters. The van der Waals surface area contributed by atoms with Crippen molar-refractivity contribution in [3.05, 3.63) is 5.28 Å². The molecular formula is C9H14ClN5O. The molecule has 6 nitrogen and oxygen atoms in total. The molecule has 0 saturated carbocycles. The number of halogens is 1. The number of hydrogen-bond donors (Lipinski definition) is 2. The molecule has 2 rings (SSSR count). The topological polar surface area (TPSA) is 88.2 Å². The van der Waals surface area contributed by atoms with Crippen LogP contribution in [0.3, 0.4) is 0 Å². The maximum Gasteiger partial charge on any atom is 0.231 e. The third-order valence-corrected chi connectivity index (χ3v) is 2.98. The number of aromatic nitrogens is 3. The highest BCUT2D eigenvalue weighted by Crippen LogP contribution is 2.21. The highest BCUT2D eigenvalue weighted by Gasteiger charge is 2.26. The molecule has 1 aliphatic heterocycles. The molecule has 3 N–H and O–H groups in total. The van der Waals surface area contributed by atoms with Crippen LogP contribution in [-0.2, 0) is 0 Å². The molecule has 0 aromatic carbocycles. The van der Waals surface area contributed by atoms with Crippen LogP contribution in [0.5, 0.6) is 0 Å². The van der Waals surface area contributed by atoms with Gasteiger partial charge in [0.1, 0.15) is 0 Å². The van der Waals surface area contributed by atoms with E-state index in [1.807, 2.05) is 11.8 Å². The molecular weight excluding hydrogens is 230 g/mol. The molecule has 0 spiro atoms. The fourth-order valence-corrected chi connectivity index (χ4v) is 1.89. The van der Waals surface area contributed by atoms with Gasteiger partial charge < -0.3 is 15.7 Å². The van der Waals surface area contributed by atoms with E-state index >= 15 is 0 Å². The number of nitrogens with zero attached hydrogens (tertiary/aromatic N) is 4. The summed E-state index contributed by atoms with van der Waals surface area (Å²) >= 11 is 5.70. The van der Waals surface area contributed by atoms with Gasteiger partial charge in [0.05, 0.1) is 6.10 Å². The molecule has 0 aliphatic carbocycles. The van der Waals surface area contributed by atoms with Crippen LogP contribution in [0, 0.1) is 5.92 Å². The summed E-state index contributed by atoms with van der Waals surface area (Å²) in [6.07, 6.45) is 0.523. The molecule has 1 fully saturated rings. The Hall–Kier alpha value is -1.14. The van der Waals surface area contributed by atoms with Crippen LogP contribution in [0.15, 0.2) is 0 Å². The average molecular weight is 244 g/mol. The summed E-state index contributed by atoms with van der Waals surface area (Å²) in [6.45, 7) is 3.32. The number of nitrogens with two attached hydrogens (primary N) is 1. The zero-order valence-corrected chi connectivity index (χ0v) is 9.72. The number of β-amino-alcohol motifs (C(OH)–C–C–N with tert-alkyl or cyclic N) is 1. The maximum absolute atomic E-state index is 9.77. The fourth-order valence-electron chi connectivity index (χ4n) is 1.73. The van der Waals surface area contributed by atoms with Gasteiger partial charge in [0.15, 0.2) is 0 Å². The first kappa shape index (κ1) is 11.3. The van der Waals surface area contributed by atoms with Crippen LogP contribution in [0.2, 0.25) is 5.28 Å². The number of piperidine rings is 1. The maximum atomic E-state index is 9.77. The number of aliphatic hydroxyl groups is 1. The highest BCUT2D eigenvalue weighted by atomic mass is 35.5. The lowest BCUT2D eigenvalue weighted by Crippen LogP contribution is -2.43. The number of aliphatic hydroxyl groups excluding tert-OH is 1. The lowest BCUT2D eigenvalue weighted by Gasteiger charge is -2.34. The van der Waals surface area contributed by atoms with E-state index in [9.17, 15) is 5.11 Å². The lowest BCUT2D eigenvalue weighted by molar-refractivity contribution is 0.102. The number of rotatable bonds is 1. The molecule has 2 atom stereocenters. The molecule has 0 radical (unpaired) electrons. The van der Waals surface area contributed by atoms with Crippen molar-refractivity contribution in [2.45, 2.75) is 19.4 Å². The third kappa shape index (κ3) is 2.33. The Bertz CT molecular complexity index is 368. The zero-order valence-electron chi connectivity index (χ0n) is 8.97. The molecule has 88 valence electrons. The van der Waals surface area contributed by atoms with Gasteiger partial charge >= 0.3 is 0 Å². The highest BCUT2D eigenvalue weighted by molar-refractivity contribution is 6.28. The van der Waals surface area contributed by atoms with Gasteiger partial charge in [-0.15, -0.1) is 0 Å². The van der Waals surface area contributed by atoms with Crippen molar-refractivity contribution in [2.24, 2.45) is 5.92 Å². The normalized spacial score (nSPS) is 25.8. The van der Waals surface area contributed by atoms with E-state index in [4.69, 9.17) is 17.3 Å². The Morgan fingerprint density at radius 3 is 2.81 bits per heavy atom. The second-order valence-corrected chi connectivity index (χ2v) is 4.38. The minimum absolute atomic E-state index is 0.0793. The molecule has 1 aromatic heterocycles. The van der Waals surface area contributed by atoms with Gasteiger partial charge in [-0.2, -0.15) is 15.0 Å². The molecule has 0 amide bonds. The summed E-state index contributed by atoms with van der Waals surface area (Å²) in [6, 6.07) is 0. The Morgan fingerprint density at radius 2 is 2.19 bits per heavy atom. The van der Waals surface area contributed by atoms with Crippen molar-refractivity contribution in [3.63, 3.8) is 0 Å². The predicted octanol–water partition coefficient (Wildman–Crippen LogP) is 0.314. The average Bonchev–Trinajstić information content (AvgIpc) is 2.20. The lowest BCUT2D eigenvalue weighted by atomic mass is 9.96. The molecule has 1 saturated heterocycles. The second-order valence-electron chi connectivity index (χ2n) is 4.04. The van der Waals surface area contributed by atoms with Crippen LogP contribution in [0.25, 0.3) is 0 Å². The molecule has 1 aromatic rings. The summed E-state index contributed by atoms with van der Waals surface area (Å²) in [5.41, 5.74) is 5.49. The van der Waals surface area contributed by atoms with Crippen molar-refractivity contribution < 1.29 is 5.11 Å².